The van der Waals surface area contributed by atoms with E-state index in [0.717, 1.165) is 18.0 Å². The highest BCUT2D eigenvalue weighted by atomic mass is 32.1. The monoisotopic (exact) mass is 363 g/mol. The van der Waals surface area contributed by atoms with Gasteiger partial charge in [-0.25, -0.2) is 4.98 Å². The minimum atomic E-state index is -0.324. The number of likely N-dealkylation sites (tertiary alicyclic amines) is 1. The van der Waals surface area contributed by atoms with Crippen LogP contribution in [0.1, 0.15) is 31.2 Å². The molecule has 0 unspecified atom stereocenters. The molecule has 0 spiro atoms. The molecule has 7 nitrogen and oxygen atoms in total. The maximum absolute atomic E-state index is 11.4. The molecule has 1 aliphatic rings. The maximum Gasteiger partial charge on any atom is 0.275 e. The van der Waals surface area contributed by atoms with E-state index in [2.05, 4.69) is 31.6 Å². The molecule has 0 aromatic carbocycles. The fraction of sp³-hybridized carbons (Fsp3) is 0.529. The van der Waals surface area contributed by atoms with Crippen LogP contribution in [-0.2, 0) is 6.54 Å². The minimum absolute atomic E-state index is 0.118. The van der Waals surface area contributed by atoms with Crippen LogP contribution in [0.4, 0.5) is 11.6 Å². The first-order valence-electron chi connectivity index (χ1n) is 8.72. The van der Waals surface area contributed by atoms with Crippen LogP contribution in [0.15, 0.2) is 22.4 Å². The lowest BCUT2D eigenvalue weighted by atomic mass is 10.1. The second-order valence-corrected chi connectivity index (χ2v) is 7.09. The number of nitrogens with two attached hydrogens (primary N) is 1. The molecular weight excluding hydrogens is 338 g/mol. The van der Waals surface area contributed by atoms with Crippen molar-refractivity contribution in [1.29, 1.82) is 0 Å². The van der Waals surface area contributed by atoms with E-state index < -0.39 is 0 Å². The van der Waals surface area contributed by atoms with Crippen molar-refractivity contribution < 1.29 is 4.74 Å². The van der Waals surface area contributed by atoms with Crippen molar-refractivity contribution in [3.63, 3.8) is 0 Å². The van der Waals surface area contributed by atoms with E-state index >= 15 is 0 Å². The second kappa shape index (κ2) is 8.87. The largest absolute Gasteiger partial charge is 0.484 e. The number of nitrogen functional groups attached to an aromatic ring is 1. The molecule has 2 aromatic rings. The highest BCUT2D eigenvalue weighted by molar-refractivity contribution is 7.12. The average Bonchev–Trinajstić information content (AvgIpc) is 3.05. The summed E-state index contributed by atoms with van der Waals surface area (Å²) in [5, 5.41) is 6.18. The van der Waals surface area contributed by atoms with Gasteiger partial charge in [-0.15, -0.1) is 11.3 Å². The first-order valence-corrected chi connectivity index (χ1v) is 9.60. The van der Waals surface area contributed by atoms with E-state index in [1.807, 2.05) is 0 Å². The third-order valence-electron chi connectivity index (χ3n) is 4.22. The van der Waals surface area contributed by atoms with Crippen LogP contribution < -0.4 is 21.3 Å². The summed E-state index contributed by atoms with van der Waals surface area (Å²) in [5.74, 6) is 0.432. The quantitative estimate of drug-likeness (QED) is 0.623. The molecule has 25 heavy (non-hydrogen) atoms. The van der Waals surface area contributed by atoms with E-state index in [9.17, 15) is 4.79 Å². The number of thiophene rings is 1. The van der Waals surface area contributed by atoms with Gasteiger partial charge in [0, 0.05) is 18.7 Å². The molecule has 4 N–H and O–H groups in total. The molecule has 0 amide bonds. The van der Waals surface area contributed by atoms with Crippen molar-refractivity contribution in [2.24, 2.45) is 0 Å². The first kappa shape index (κ1) is 17.8. The zero-order valence-corrected chi connectivity index (χ0v) is 15.1. The van der Waals surface area contributed by atoms with Crippen LogP contribution in [-0.4, -0.2) is 41.1 Å². The van der Waals surface area contributed by atoms with Crippen LogP contribution in [0.5, 0.6) is 5.06 Å². The third-order valence-corrected chi connectivity index (χ3v) is 5.09. The first-order chi connectivity index (χ1) is 12.2. The summed E-state index contributed by atoms with van der Waals surface area (Å²) in [6, 6.07) is 2.16. The fourth-order valence-electron chi connectivity index (χ4n) is 2.86. The van der Waals surface area contributed by atoms with Crippen LogP contribution in [0.25, 0.3) is 0 Å². The highest BCUT2D eigenvalue weighted by Crippen LogP contribution is 2.28. The zero-order valence-electron chi connectivity index (χ0n) is 14.3. The Morgan fingerprint density at radius 1 is 1.36 bits per heavy atom. The molecule has 0 saturated carbocycles. The van der Waals surface area contributed by atoms with Gasteiger partial charge in [0.05, 0.1) is 12.8 Å². The minimum Gasteiger partial charge on any atom is -0.484 e. The molecular formula is C17H25N5O2S. The Kier molecular flexibility index (Phi) is 6.30. The van der Waals surface area contributed by atoms with Crippen molar-refractivity contribution in [2.75, 3.05) is 37.3 Å². The lowest BCUT2D eigenvalue weighted by Crippen LogP contribution is -2.29. The number of hydrogen-bond acceptors (Lipinski definition) is 7. The molecule has 0 bridgehead atoms. The van der Waals surface area contributed by atoms with Crippen molar-refractivity contribution in [3.8, 4) is 5.06 Å². The summed E-state index contributed by atoms with van der Waals surface area (Å²) >= 11 is 1.65. The lowest BCUT2D eigenvalue weighted by molar-refractivity contribution is 0.217. The number of anilines is 2. The van der Waals surface area contributed by atoms with E-state index in [-0.39, 0.29) is 11.2 Å². The number of rotatable bonds is 8. The summed E-state index contributed by atoms with van der Waals surface area (Å²) in [7, 11) is 0. The number of piperidine rings is 1. The molecule has 136 valence electrons. The van der Waals surface area contributed by atoms with Gasteiger partial charge < -0.3 is 15.8 Å². The van der Waals surface area contributed by atoms with E-state index in [1.54, 1.807) is 11.3 Å². The number of ether oxygens (including phenoxy) is 1. The summed E-state index contributed by atoms with van der Waals surface area (Å²) < 4.78 is 5.94. The molecule has 0 atom stereocenters. The molecule has 0 aliphatic carbocycles. The molecule has 1 fully saturated rings. The van der Waals surface area contributed by atoms with E-state index in [1.165, 1.54) is 44.1 Å². The molecule has 1 saturated heterocycles. The van der Waals surface area contributed by atoms with Gasteiger partial charge in [-0.2, -0.15) is 0 Å². The summed E-state index contributed by atoms with van der Waals surface area (Å²) in [4.78, 5) is 20.5. The standard InChI is InChI=1S/C17H25N5O2S/c18-14-11-20-17(21-15(14)23)19-6-4-9-24-16-13(5-10-25-16)12-22-7-2-1-3-8-22/h5,10-11H,1-4,6-9,12,18H2,(H2,19,20,21,23). The maximum atomic E-state index is 11.4. The van der Waals surface area contributed by atoms with Gasteiger partial charge in [0.25, 0.3) is 5.56 Å². The fourth-order valence-corrected chi connectivity index (χ4v) is 3.65. The van der Waals surface area contributed by atoms with Gasteiger partial charge in [0.2, 0.25) is 5.95 Å². The summed E-state index contributed by atoms with van der Waals surface area (Å²) in [6.07, 6.45) is 6.12. The van der Waals surface area contributed by atoms with Crippen LogP contribution >= 0.6 is 11.3 Å². The highest BCUT2D eigenvalue weighted by Gasteiger charge is 2.14. The van der Waals surface area contributed by atoms with Crippen LogP contribution in [0.2, 0.25) is 0 Å². The van der Waals surface area contributed by atoms with E-state index in [4.69, 9.17) is 10.5 Å². The molecule has 3 heterocycles. The van der Waals surface area contributed by atoms with Gasteiger partial charge in [-0.3, -0.25) is 14.7 Å². The Morgan fingerprint density at radius 3 is 3.00 bits per heavy atom. The number of hydrogen-bond donors (Lipinski definition) is 3. The normalized spacial score (nSPS) is 15.2. The number of nitrogens with zero attached hydrogens (tertiary/aromatic N) is 2. The predicted octanol–water partition coefficient (Wildman–Crippen LogP) is 2.28. The second-order valence-electron chi connectivity index (χ2n) is 6.22. The smallest absolute Gasteiger partial charge is 0.275 e. The Labute approximate surface area is 151 Å². The van der Waals surface area contributed by atoms with Gasteiger partial charge in [0.15, 0.2) is 5.06 Å². The third kappa shape index (κ3) is 5.20. The van der Waals surface area contributed by atoms with Crippen molar-refractivity contribution >= 4 is 23.0 Å². The van der Waals surface area contributed by atoms with Crippen LogP contribution in [0.3, 0.4) is 0 Å². The topological polar surface area (TPSA) is 96.3 Å². The zero-order chi connectivity index (χ0) is 17.5. The molecule has 3 rings (SSSR count). The Hall–Kier alpha value is -2.06. The van der Waals surface area contributed by atoms with Crippen LogP contribution in [0, 0.1) is 0 Å². The molecule has 0 radical (unpaired) electrons. The molecule has 1 aliphatic heterocycles. The average molecular weight is 363 g/mol. The van der Waals surface area contributed by atoms with Crippen molar-refractivity contribution in [2.45, 2.75) is 32.2 Å². The van der Waals surface area contributed by atoms with Gasteiger partial charge in [-0.1, -0.05) is 6.42 Å². The predicted molar refractivity (Wildman–Crippen MR) is 101 cm³/mol. The number of aromatic nitrogens is 2. The van der Waals surface area contributed by atoms with Gasteiger partial charge >= 0.3 is 0 Å². The Balaban J connectivity index is 1.39. The number of nitrogens with one attached hydrogen (secondary N) is 2. The van der Waals surface area contributed by atoms with E-state index in [0.29, 0.717) is 19.1 Å². The lowest BCUT2D eigenvalue weighted by Gasteiger charge is -2.26. The Bertz CT molecular complexity index is 724. The molecule has 8 heteroatoms. The number of H-pyrrole nitrogens is 1. The van der Waals surface area contributed by atoms with Crippen molar-refractivity contribution in [3.05, 3.63) is 33.6 Å². The SMILES string of the molecule is Nc1cnc(NCCCOc2sccc2CN2CCCCC2)[nH]c1=O. The molecule has 2 aromatic heterocycles. The van der Waals surface area contributed by atoms with Gasteiger partial charge in [0.1, 0.15) is 5.69 Å². The summed E-state index contributed by atoms with van der Waals surface area (Å²) in [6.45, 7) is 4.64. The number of aromatic amines is 1. The summed E-state index contributed by atoms with van der Waals surface area (Å²) in [5.41, 5.74) is 6.52. The van der Waals surface area contributed by atoms with Gasteiger partial charge in [-0.05, 0) is 43.8 Å². The van der Waals surface area contributed by atoms with Crippen molar-refractivity contribution in [1.82, 2.24) is 14.9 Å². The Morgan fingerprint density at radius 2 is 2.20 bits per heavy atom.